The molecule has 1 saturated heterocycles. The number of carbonyl (C=O) groups excluding carboxylic acids is 1. The molecule has 0 saturated carbocycles. The zero-order valence-corrected chi connectivity index (χ0v) is 15.4. The smallest absolute Gasteiger partial charge is 0.273 e. The third-order valence-corrected chi connectivity index (χ3v) is 4.95. The molecule has 1 fully saturated rings. The molecule has 1 amide bonds. The number of piperidine rings is 1. The number of benzene rings is 1. The fourth-order valence-corrected chi connectivity index (χ4v) is 3.38. The number of hydrogen-bond acceptors (Lipinski definition) is 6. The molecular weight excluding hydrogens is 346 g/mol. The number of aliphatic hydroxyl groups is 2. The SMILES string of the molecule is O=C(NC[C@@H](O)CO)c1cc(CN2CCC(Cc3ccccc3)CC2)on1. The third-order valence-electron chi connectivity index (χ3n) is 4.95. The van der Waals surface area contributed by atoms with Gasteiger partial charge < -0.3 is 20.1 Å². The second-order valence-corrected chi connectivity index (χ2v) is 7.13. The number of amides is 1. The highest BCUT2D eigenvalue weighted by Gasteiger charge is 2.21. The molecule has 7 nitrogen and oxygen atoms in total. The van der Waals surface area contributed by atoms with Gasteiger partial charge in [-0.3, -0.25) is 9.69 Å². The summed E-state index contributed by atoms with van der Waals surface area (Å²) in [5.41, 5.74) is 1.59. The van der Waals surface area contributed by atoms with Crippen LogP contribution in [0.4, 0.5) is 0 Å². The standard InChI is InChI=1S/C20H27N3O4/c24-14-17(25)12-21-20(26)19-11-18(27-22-19)13-23-8-6-16(7-9-23)10-15-4-2-1-3-5-15/h1-5,11,16-17,24-25H,6-10,12-14H2,(H,21,26)/t17-/m1/s1. The second kappa shape index (κ2) is 9.64. The molecule has 1 aromatic heterocycles. The van der Waals surface area contributed by atoms with E-state index >= 15 is 0 Å². The fraction of sp³-hybridized carbons (Fsp3) is 0.500. The lowest BCUT2D eigenvalue weighted by Crippen LogP contribution is -2.34. The molecule has 1 aromatic carbocycles. The Morgan fingerprint density at radius 3 is 2.74 bits per heavy atom. The summed E-state index contributed by atoms with van der Waals surface area (Å²) in [5.74, 6) is 0.945. The Balaban J connectivity index is 1.43. The molecule has 1 aliphatic heterocycles. The molecule has 0 bridgehead atoms. The van der Waals surface area contributed by atoms with E-state index in [9.17, 15) is 9.90 Å². The first-order valence-corrected chi connectivity index (χ1v) is 9.43. The molecule has 3 rings (SSSR count). The van der Waals surface area contributed by atoms with Crippen LogP contribution < -0.4 is 5.32 Å². The van der Waals surface area contributed by atoms with E-state index in [0.29, 0.717) is 18.2 Å². The van der Waals surface area contributed by atoms with Gasteiger partial charge in [0.05, 0.1) is 19.3 Å². The molecule has 1 atom stereocenters. The largest absolute Gasteiger partial charge is 0.394 e. The zero-order valence-electron chi connectivity index (χ0n) is 15.4. The molecule has 146 valence electrons. The normalized spacial score (nSPS) is 17.0. The molecule has 0 radical (unpaired) electrons. The van der Waals surface area contributed by atoms with Crippen LogP contribution in [0.2, 0.25) is 0 Å². The highest BCUT2D eigenvalue weighted by molar-refractivity contribution is 5.92. The summed E-state index contributed by atoms with van der Waals surface area (Å²) in [6, 6.07) is 12.2. The van der Waals surface area contributed by atoms with Gasteiger partial charge in [0.15, 0.2) is 11.5 Å². The summed E-state index contributed by atoms with van der Waals surface area (Å²) in [4.78, 5) is 14.3. The van der Waals surface area contributed by atoms with Gasteiger partial charge in [0.25, 0.3) is 5.91 Å². The van der Waals surface area contributed by atoms with Crippen molar-refractivity contribution >= 4 is 5.91 Å². The van der Waals surface area contributed by atoms with Gasteiger partial charge in [-0.2, -0.15) is 0 Å². The predicted molar refractivity (Wildman–Crippen MR) is 100 cm³/mol. The van der Waals surface area contributed by atoms with Gasteiger partial charge in [-0.15, -0.1) is 0 Å². The number of aromatic nitrogens is 1. The lowest BCUT2D eigenvalue weighted by molar-refractivity contribution is 0.0796. The van der Waals surface area contributed by atoms with Gasteiger partial charge in [-0.1, -0.05) is 35.5 Å². The third kappa shape index (κ3) is 5.89. The molecule has 3 N–H and O–H groups in total. The van der Waals surface area contributed by atoms with Crippen molar-refractivity contribution in [3.63, 3.8) is 0 Å². The van der Waals surface area contributed by atoms with Crippen LogP contribution in [0.15, 0.2) is 40.9 Å². The average molecular weight is 373 g/mol. The highest BCUT2D eigenvalue weighted by atomic mass is 16.5. The van der Waals surface area contributed by atoms with E-state index in [2.05, 4.69) is 39.6 Å². The van der Waals surface area contributed by atoms with Gasteiger partial charge in [-0.25, -0.2) is 0 Å². The molecule has 7 heteroatoms. The Labute approximate surface area is 159 Å². The second-order valence-electron chi connectivity index (χ2n) is 7.13. The van der Waals surface area contributed by atoms with Crippen molar-refractivity contribution in [2.24, 2.45) is 5.92 Å². The first kappa shape index (κ1) is 19.5. The lowest BCUT2D eigenvalue weighted by Gasteiger charge is -2.31. The summed E-state index contributed by atoms with van der Waals surface area (Å²) >= 11 is 0. The molecule has 0 unspecified atom stereocenters. The summed E-state index contributed by atoms with van der Waals surface area (Å²) in [6.07, 6.45) is 2.45. The van der Waals surface area contributed by atoms with Gasteiger partial charge in [0.2, 0.25) is 0 Å². The number of rotatable bonds is 8. The minimum atomic E-state index is -0.975. The van der Waals surface area contributed by atoms with E-state index in [-0.39, 0.29) is 12.2 Å². The highest BCUT2D eigenvalue weighted by Crippen LogP contribution is 2.23. The van der Waals surface area contributed by atoms with E-state index in [4.69, 9.17) is 9.63 Å². The topological polar surface area (TPSA) is 98.8 Å². The van der Waals surface area contributed by atoms with Crippen molar-refractivity contribution < 1.29 is 19.5 Å². The van der Waals surface area contributed by atoms with Gasteiger partial charge >= 0.3 is 0 Å². The van der Waals surface area contributed by atoms with Crippen LogP contribution in [0.1, 0.15) is 34.7 Å². The lowest BCUT2D eigenvalue weighted by atomic mass is 9.90. The van der Waals surface area contributed by atoms with Gasteiger partial charge in [0, 0.05) is 12.6 Å². The Hall–Kier alpha value is -2.22. The average Bonchev–Trinajstić information content (AvgIpc) is 3.17. The molecule has 2 heterocycles. The van der Waals surface area contributed by atoms with E-state index < -0.39 is 18.6 Å². The maximum absolute atomic E-state index is 11.9. The molecule has 0 spiro atoms. The van der Waals surface area contributed by atoms with Crippen molar-refractivity contribution in [1.82, 2.24) is 15.4 Å². The maximum atomic E-state index is 11.9. The summed E-state index contributed by atoms with van der Waals surface area (Å²) in [7, 11) is 0. The molecular formula is C20H27N3O4. The quantitative estimate of drug-likeness (QED) is 0.643. The monoisotopic (exact) mass is 373 g/mol. The summed E-state index contributed by atoms with van der Waals surface area (Å²) < 4.78 is 5.28. The number of aliphatic hydroxyl groups excluding tert-OH is 2. The van der Waals surface area contributed by atoms with Crippen molar-refractivity contribution in [3.8, 4) is 0 Å². The molecule has 1 aliphatic rings. The number of carbonyl (C=O) groups is 1. The minimum absolute atomic E-state index is 0.0214. The first-order valence-electron chi connectivity index (χ1n) is 9.43. The number of likely N-dealkylation sites (tertiary alicyclic amines) is 1. The van der Waals surface area contributed by atoms with Crippen LogP contribution in [0.25, 0.3) is 0 Å². The number of nitrogens with one attached hydrogen (secondary N) is 1. The van der Waals surface area contributed by atoms with E-state index in [1.807, 2.05) is 6.07 Å². The molecule has 2 aromatic rings. The first-order chi connectivity index (χ1) is 13.1. The predicted octanol–water partition coefficient (Wildman–Crippen LogP) is 1.21. The summed E-state index contributed by atoms with van der Waals surface area (Å²) in [5, 5.41) is 24.3. The minimum Gasteiger partial charge on any atom is -0.394 e. The van der Waals surface area contributed by atoms with E-state index in [1.54, 1.807) is 6.07 Å². The molecule has 27 heavy (non-hydrogen) atoms. The van der Waals surface area contributed by atoms with Gasteiger partial charge in [-0.05, 0) is 43.8 Å². The maximum Gasteiger partial charge on any atom is 0.273 e. The van der Waals surface area contributed by atoms with Crippen LogP contribution in [0.5, 0.6) is 0 Å². The Morgan fingerprint density at radius 2 is 2.04 bits per heavy atom. The van der Waals surface area contributed by atoms with Gasteiger partial charge in [0.1, 0.15) is 0 Å². The summed E-state index contributed by atoms with van der Waals surface area (Å²) in [6.45, 7) is 2.22. The van der Waals surface area contributed by atoms with Crippen LogP contribution in [-0.4, -0.2) is 58.5 Å². The van der Waals surface area contributed by atoms with E-state index in [1.165, 1.54) is 5.56 Å². The van der Waals surface area contributed by atoms with Crippen molar-refractivity contribution in [3.05, 3.63) is 53.4 Å². The Kier molecular flexibility index (Phi) is 6.98. The zero-order chi connectivity index (χ0) is 19.1. The van der Waals surface area contributed by atoms with E-state index in [0.717, 1.165) is 32.4 Å². The van der Waals surface area contributed by atoms with Crippen LogP contribution in [-0.2, 0) is 13.0 Å². The van der Waals surface area contributed by atoms with Crippen LogP contribution in [0, 0.1) is 5.92 Å². The van der Waals surface area contributed by atoms with Crippen LogP contribution in [0.3, 0.4) is 0 Å². The Morgan fingerprint density at radius 1 is 1.30 bits per heavy atom. The van der Waals surface area contributed by atoms with Crippen molar-refractivity contribution in [2.75, 3.05) is 26.2 Å². The van der Waals surface area contributed by atoms with Crippen molar-refractivity contribution in [2.45, 2.75) is 31.9 Å². The fourth-order valence-electron chi connectivity index (χ4n) is 3.38. The number of hydrogen-bond donors (Lipinski definition) is 3. The Bertz CT molecular complexity index is 711. The number of nitrogens with zero attached hydrogens (tertiary/aromatic N) is 2. The van der Waals surface area contributed by atoms with Crippen molar-refractivity contribution in [1.29, 1.82) is 0 Å². The van der Waals surface area contributed by atoms with Crippen LogP contribution >= 0.6 is 0 Å². The molecule has 0 aliphatic carbocycles.